The first-order valence-corrected chi connectivity index (χ1v) is 9.53. The fourth-order valence-corrected chi connectivity index (χ4v) is 3.31. The molecular weight excluding hydrogens is 364 g/mol. The van der Waals surface area contributed by atoms with Crippen LogP contribution in [-0.4, -0.2) is 35.4 Å². The first-order chi connectivity index (χ1) is 9.46. The fourth-order valence-electron chi connectivity index (χ4n) is 2.05. The number of benzene rings is 1. The number of aryl methyl sites for hydroxylation is 2. The van der Waals surface area contributed by atoms with Crippen LogP contribution in [0, 0.1) is 0 Å². The van der Waals surface area contributed by atoms with Crippen molar-refractivity contribution in [1.29, 1.82) is 0 Å². The molecule has 2 rings (SSSR count). The number of rotatable bonds is 6. The van der Waals surface area contributed by atoms with E-state index < -0.39 is 9.84 Å². The minimum Gasteiger partial charge on any atom is -0.327 e. The van der Waals surface area contributed by atoms with Crippen LogP contribution in [0.3, 0.4) is 0 Å². The quantitative estimate of drug-likeness (QED) is 0.725. The van der Waals surface area contributed by atoms with Crippen LogP contribution in [0.5, 0.6) is 0 Å². The number of hydrogen-bond donors (Lipinski definition) is 0. The van der Waals surface area contributed by atoms with Gasteiger partial charge in [-0.3, -0.25) is 0 Å². The lowest BCUT2D eigenvalue weighted by atomic mass is 10.3. The van der Waals surface area contributed by atoms with Gasteiger partial charge in [-0.15, -0.1) is 11.6 Å². The Bertz CT molecular complexity index is 712. The predicted octanol–water partition coefficient (Wildman–Crippen LogP) is 3.01. The van der Waals surface area contributed by atoms with Crippen molar-refractivity contribution in [2.75, 3.05) is 17.4 Å². The van der Waals surface area contributed by atoms with Gasteiger partial charge in [0.05, 0.1) is 16.8 Å². The maximum absolute atomic E-state index is 11.7. The summed E-state index contributed by atoms with van der Waals surface area (Å²) in [5.74, 6) is 1.58. The van der Waals surface area contributed by atoms with Gasteiger partial charge in [0.25, 0.3) is 0 Å². The average Bonchev–Trinajstić information content (AvgIpc) is 2.74. The summed E-state index contributed by atoms with van der Waals surface area (Å²) >= 11 is 9.24. The van der Waals surface area contributed by atoms with Crippen LogP contribution in [0.25, 0.3) is 11.0 Å². The van der Waals surface area contributed by atoms with E-state index in [1.165, 1.54) is 0 Å². The Kier molecular flexibility index (Phi) is 5.09. The number of hydrogen-bond acceptors (Lipinski definition) is 3. The molecule has 0 N–H and O–H groups in total. The maximum Gasteiger partial charge on any atom is 0.151 e. The topological polar surface area (TPSA) is 52.0 Å². The van der Waals surface area contributed by atoms with E-state index in [0.717, 1.165) is 21.3 Å². The summed E-state index contributed by atoms with van der Waals surface area (Å²) in [7, 11) is -3.00. The molecule has 1 aromatic heterocycles. The van der Waals surface area contributed by atoms with Crippen LogP contribution in [-0.2, 0) is 22.8 Å². The van der Waals surface area contributed by atoms with E-state index >= 15 is 0 Å². The smallest absolute Gasteiger partial charge is 0.151 e. The van der Waals surface area contributed by atoms with Crippen LogP contribution >= 0.6 is 27.5 Å². The third-order valence-corrected chi connectivity index (χ3v) is 5.54. The molecule has 4 nitrogen and oxygen atoms in total. The Morgan fingerprint density at radius 3 is 2.80 bits per heavy atom. The van der Waals surface area contributed by atoms with Gasteiger partial charge in [0, 0.05) is 29.1 Å². The number of aromatic nitrogens is 2. The number of fused-ring (bicyclic) bond motifs is 1. The van der Waals surface area contributed by atoms with Crippen LogP contribution in [0.1, 0.15) is 12.7 Å². The molecule has 0 spiro atoms. The monoisotopic (exact) mass is 378 g/mol. The molecule has 20 heavy (non-hydrogen) atoms. The Balaban J connectivity index is 2.42. The number of alkyl halides is 1. The minimum absolute atomic E-state index is 0.122. The molecule has 1 aromatic carbocycles. The molecule has 0 unspecified atom stereocenters. The highest BCUT2D eigenvalue weighted by molar-refractivity contribution is 9.10. The van der Waals surface area contributed by atoms with Crippen molar-refractivity contribution in [2.24, 2.45) is 0 Å². The molecular formula is C13H16BrClN2O2S. The molecule has 0 aliphatic heterocycles. The zero-order chi connectivity index (χ0) is 14.8. The Hall–Kier alpha value is -0.590. The van der Waals surface area contributed by atoms with Crippen molar-refractivity contribution in [3.8, 4) is 0 Å². The molecule has 0 aliphatic carbocycles. The van der Waals surface area contributed by atoms with Gasteiger partial charge in [-0.1, -0.05) is 22.9 Å². The lowest BCUT2D eigenvalue weighted by Gasteiger charge is -2.08. The highest BCUT2D eigenvalue weighted by Crippen LogP contribution is 2.22. The van der Waals surface area contributed by atoms with E-state index in [1.807, 2.05) is 22.8 Å². The normalized spacial score (nSPS) is 12.2. The third-order valence-electron chi connectivity index (χ3n) is 3.17. The standard InChI is InChI=1S/C13H16BrClN2O2S/c1-2-20(18,19)8-7-17-12-9-10(14)3-4-11(12)16-13(17)5-6-15/h3-4,9H,2,5-8H2,1H3. The Labute approximate surface area is 132 Å². The summed E-state index contributed by atoms with van der Waals surface area (Å²) in [6.45, 7) is 2.08. The fraction of sp³-hybridized carbons (Fsp3) is 0.462. The Morgan fingerprint density at radius 1 is 1.40 bits per heavy atom. The van der Waals surface area contributed by atoms with Crippen molar-refractivity contribution in [1.82, 2.24) is 9.55 Å². The van der Waals surface area contributed by atoms with Gasteiger partial charge in [-0.05, 0) is 18.2 Å². The maximum atomic E-state index is 11.7. The second kappa shape index (κ2) is 6.45. The molecule has 0 radical (unpaired) electrons. The molecule has 0 aliphatic rings. The van der Waals surface area contributed by atoms with Gasteiger partial charge in [-0.25, -0.2) is 13.4 Å². The number of sulfone groups is 1. The van der Waals surface area contributed by atoms with Gasteiger partial charge in [0.1, 0.15) is 5.82 Å². The second-order valence-corrected chi connectivity index (χ2v) is 8.25. The van der Waals surface area contributed by atoms with E-state index in [0.29, 0.717) is 18.8 Å². The minimum atomic E-state index is -3.00. The van der Waals surface area contributed by atoms with Gasteiger partial charge in [0.15, 0.2) is 9.84 Å². The first-order valence-electron chi connectivity index (χ1n) is 6.38. The van der Waals surface area contributed by atoms with E-state index in [2.05, 4.69) is 20.9 Å². The molecule has 7 heteroatoms. The van der Waals surface area contributed by atoms with Crippen molar-refractivity contribution < 1.29 is 8.42 Å². The lowest BCUT2D eigenvalue weighted by Crippen LogP contribution is -2.16. The number of nitrogens with zero attached hydrogens (tertiary/aromatic N) is 2. The molecule has 110 valence electrons. The van der Waals surface area contributed by atoms with Gasteiger partial charge in [-0.2, -0.15) is 0 Å². The summed E-state index contributed by atoms with van der Waals surface area (Å²) in [5.41, 5.74) is 1.80. The first kappa shape index (κ1) is 15.8. The number of imidazole rings is 1. The van der Waals surface area contributed by atoms with Crippen LogP contribution in [0.4, 0.5) is 0 Å². The highest BCUT2D eigenvalue weighted by atomic mass is 79.9. The SMILES string of the molecule is CCS(=O)(=O)CCn1c(CCCl)nc2ccc(Br)cc21. The molecule has 0 atom stereocenters. The van der Waals surface area contributed by atoms with E-state index in [9.17, 15) is 8.42 Å². The second-order valence-electron chi connectivity index (χ2n) is 4.49. The van der Waals surface area contributed by atoms with Crippen LogP contribution in [0.2, 0.25) is 0 Å². The highest BCUT2D eigenvalue weighted by Gasteiger charge is 2.14. The van der Waals surface area contributed by atoms with E-state index in [-0.39, 0.29) is 11.5 Å². The van der Waals surface area contributed by atoms with Crippen molar-refractivity contribution in [3.63, 3.8) is 0 Å². The summed E-state index contributed by atoms with van der Waals surface area (Å²) < 4.78 is 26.3. The summed E-state index contributed by atoms with van der Waals surface area (Å²) in [5, 5.41) is 0. The average molecular weight is 380 g/mol. The van der Waals surface area contributed by atoms with Crippen molar-refractivity contribution >= 4 is 48.4 Å². The molecule has 0 saturated carbocycles. The number of halogens is 2. The van der Waals surface area contributed by atoms with Gasteiger partial charge in [0.2, 0.25) is 0 Å². The predicted molar refractivity (Wildman–Crippen MR) is 86.2 cm³/mol. The molecule has 1 heterocycles. The van der Waals surface area contributed by atoms with Crippen molar-refractivity contribution in [2.45, 2.75) is 19.9 Å². The van der Waals surface area contributed by atoms with Crippen molar-refractivity contribution in [3.05, 3.63) is 28.5 Å². The zero-order valence-electron chi connectivity index (χ0n) is 11.1. The summed E-state index contributed by atoms with van der Waals surface area (Å²) in [4.78, 5) is 4.53. The molecule has 0 fully saturated rings. The van der Waals surface area contributed by atoms with E-state index in [1.54, 1.807) is 6.92 Å². The third kappa shape index (κ3) is 3.54. The molecule has 0 bridgehead atoms. The zero-order valence-corrected chi connectivity index (χ0v) is 14.3. The van der Waals surface area contributed by atoms with E-state index in [4.69, 9.17) is 11.6 Å². The molecule has 0 amide bonds. The van der Waals surface area contributed by atoms with Gasteiger partial charge < -0.3 is 4.57 Å². The molecule has 0 saturated heterocycles. The van der Waals surface area contributed by atoms with Crippen LogP contribution in [0.15, 0.2) is 22.7 Å². The lowest BCUT2D eigenvalue weighted by molar-refractivity contribution is 0.589. The summed E-state index contributed by atoms with van der Waals surface area (Å²) in [6.07, 6.45) is 0.625. The molecule has 2 aromatic rings. The summed E-state index contributed by atoms with van der Waals surface area (Å²) in [6, 6.07) is 5.80. The van der Waals surface area contributed by atoms with Crippen LogP contribution < -0.4 is 0 Å². The van der Waals surface area contributed by atoms with Gasteiger partial charge >= 0.3 is 0 Å². The Morgan fingerprint density at radius 2 is 2.15 bits per heavy atom. The largest absolute Gasteiger partial charge is 0.327 e.